The maximum absolute atomic E-state index is 10.6. The molecule has 0 aliphatic rings. The van der Waals surface area contributed by atoms with E-state index in [2.05, 4.69) is 137 Å². The third-order valence-corrected chi connectivity index (χ3v) is 11.1. The van der Waals surface area contributed by atoms with Gasteiger partial charge in [-0.05, 0) is 67.1 Å². The fourth-order valence-corrected chi connectivity index (χ4v) is 8.73. The van der Waals surface area contributed by atoms with Crippen molar-refractivity contribution in [2.45, 2.75) is 6.92 Å². The van der Waals surface area contributed by atoms with Gasteiger partial charge in [0, 0.05) is 54.5 Å². The van der Waals surface area contributed by atoms with Crippen LogP contribution in [0.5, 0.6) is 0 Å². The standard InChI is InChI=1S/C50H31N3O2/c1-3-4-13-34-30(2)54-49-41(34)24-22-39-36-15-6-10-19-44(36)52(47(39)49)33-27-31(29-51)26-32(28-33)35-14-5-9-18-43(35)53-45-20-11-7-16-37(45)40-23-25-42-38-17-8-12-21-46(38)55-50(42)48(40)53/h3-28H,1H2,2H3/b13-4-. The van der Waals surface area contributed by atoms with Crippen molar-refractivity contribution in [1.82, 2.24) is 9.13 Å². The third kappa shape index (κ3) is 4.40. The molecule has 0 unspecified atom stereocenters. The van der Waals surface area contributed by atoms with Crippen LogP contribution in [0.3, 0.4) is 0 Å². The maximum atomic E-state index is 10.6. The van der Waals surface area contributed by atoms with Crippen molar-refractivity contribution in [3.63, 3.8) is 0 Å². The zero-order valence-electron chi connectivity index (χ0n) is 29.9. The van der Waals surface area contributed by atoms with Gasteiger partial charge in [-0.15, -0.1) is 0 Å². The van der Waals surface area contributed by atoms with Crippen LogP contribution in [0, 0.1) is 18.3 Å². The van der Waals surface area contributed by atoms with Crippen LogP contribution in [-0.2, 0) is 0 Å². The second-order valence-corrected chi connectivity index (χ2v) is 14.0. The quantitative estimate of drug-likeness (QED) is 0.168. The van der Waals surface area contributed by atoms with Gasteiger partial charge in [0.05, 0.1) is 39.4 Å². The number of nitrogens with zero attached hydrogens (tertiary/aromatic N) is 3. The number of aryl methyl sites for hydroxylation is 1. The normalized spacial score (nSPS) is 12.1. The molecule has 11 rings (SSSR count). The summed E-state index contributed by atoms with van der Waals surface area (Å²) in [7, 11) is 0. The van der Waals surface area contributed by atoms with E-state index in [9.17, 15) is 5.26 Å². The first-order valence-corrected chi connectivity index (χ1v) is 18.4. The molecular formula is C50H31N3O2. The Balaban J connectivity index is 1.22. The minimum atomic E-state index is 0.563. The maximum Gasteiger partial charge on any atom is 0.160 e. The lowest BCUT2D eigenvalue weighted by Gasteiger charge is -2.16. The Labute approximate surface area is 315 Å². The van der Waals surface area contributed by atoms with Crippen LogP contribution in [0.4, 0.5) is 0 Å². The molecule has 0 saturated carbocycles. The van der Waals surface area contributed by atoms with E-state index in [1.807, 2.05) is 43.3 Å². The van der Waals surface area contributed by atoms with Crippen LogP contribution >= 0.6 is 0 Å². The molecule has 7 aromatic carbocycles. The molecule has 0 N–H and O–H groups in total. The van der Waals surface area contributed by atoms with Crippen molar-refractivity contribution >= 4 is 82.6 Å². The second-order valence-electron chi connectivity index (χ2n) is 14.0. The minimum Gasteiger partial charge on any atom is -0.458 e. The third-order valence-electron chi connectivity index (χ3n) is 11.1. The molecule has 4 heterocycles. The summed E-state index contributed by atoms with van der Waals surface area (Å²) in [6, 6.07) is 51.0. The molecule has 5 nitrogen and oxygen atoms in total. The van der Waals surface area contributed by atoms with E-state index in [1.165, 1.54) is 0 Å². The molecule has 11 aromatic rings. The Morgan fingerprint density at radius 3 is 1.98 bits per heavy atom. The predicted molar refractivity (Wildman–Crippen MR) is 226 cm³/mol. The number of aromatic nitrogens is 2. The summed E-state index contributed by atoms with van der Waals surface area (Å²) >= 11 is 0. The lowest BCUT2D eigenvalue weighted by atomic mass is 10.00. The van der Waals surface area contributed by atoms with Crippen molar-refractivity contribution in [3.8, 4) is 28.6 Å². The molecule has 0 fully saturated rings. The van der Waals surface area contributed by atoms with Gasteiger partial charge >= 0.3 is 0 Å². The van der Waals surface area contributed by atoms with E-state index in [1.54, 1.807) is 6.08 Å². The molecule has 0 saturated heterocycles. The zero-order valence-corrected chi connectivity index (χ0v) is 29.9. The first kappa shape index (κ1) is 31.0. The largest absolute Gasteiger partial charge is 0.458 e. The Kier molecular flexibility index (Phi) is 6.61. The highest BCUT2D eigenvalue weighted by molar-refractivity contribution is 6.22. The van der Waals surface area contributed by atoms with Gasteiger partial charge in [0.2, 0.25) is 0 Å². The lowest BCUT2D eigenvalue weighted by Crippen LogP contribution is -2.00. The van der Waals surface area contributed by atoms with Crippen LogP contribution in [0.1, 0.15) is 16.9 Å². The Morgan fingerprint density at radius 1 is 0.600 bits per heavy atom. The van der Waals surface area contributed by atoms with E-state index in [4.69, 9.17) is 8.83 Å². The van der Waals surface area contributed by atoms with Gasteiger partial charge < -0.3 is 18.0 Å². The average Bonchev–Trinajstić information content (AvgIpc) is 3.97. The number of hydrogen-bond donors (Lipinski definition) is 0. The number of allylic oxidation sites excluding steroid dienone is 2. The smallest absolute Gasteiger partial charge is 0.160 e. The van der Waals surface area contributed by atoms with Crippen molar-refractivity contribution in [2.24, 2.45) is 0 Å². The first-order chi connectivity index (χ1) is 27.1. The summed E-state index contributed by atoms with van der Waals surface area (Å²) in [6.45, 7) is 5.87. The van der Waals surface area contributed by atoms with Gasteiger partial charge in [-0.3, -0.25) is 0 Å². The number of nitriles is 1. The molecule has 0 bridgehead atoms. The van der Waals surface area contributed by atoms with Gasteiger partial charge in [-0.2, -0.15) is 5.26 Å². The van der Waals surface area contributed by atoms with Crippen LogP contribution < -0.4 is 0 Å². The highest BCUT2D eigenvalue weighted by Crippen LogP contribution is 2.44. The molecule has 5 heteroatoms. The average molecular weight is 706 g/mol. The van der Waals surface area contributed by atoms with E-state index >= 15 is 0 Å². The number of furan rings is 2. The first-order valence-electron chi connectivity index (χ1n) is 18.4. The molecule has 0 aliphatic heterocycles. The molecule has 55 heavy (non-hydrogen) atoms. The number of rotatable bonds is 5. The SMILES string of the molecule is C=C/C=C\c1c(C)oc2c1ccc1c3ccccc3n(-c3cc(C#N)cc(-c4ccccc4-n4c5ccccc5c5ccc6c7ccccc7oc6c54)c3)c12. The van der Waals surface area contributed by atoms with Crippen LogP contribution in [0.15, 0.2) is 167 Å². The summed E-state index contributed by atoms with van der Waals surface area (Å²) in [6.07, 6.45) is 5.76. The number of hydrogen-bond acceptors (Lipinski definition) is 3. The Bertz CT molecular complexity index is 3480. The van der Waals surface area contributed by atoms with Gasteiger partial charge in [0.25, 0.3) is 0 Å². The lowest BCUT2D eigenvalue weighted by molar-refractivity contribution is 0.579. The van der Waals surface area contributed by atoms with Crippen molar-refractivity contribution in [1.29, 1.82) is 5.26 Å². The highest BCUT2D eigenvalue weighted by Gasteiger charge is 2.23. The van der Waals surface area contributed by atoms with Crippen LogP contribution in [-0.4, -0.2) is 9.13 Å². The summed E-state index contributed by atoms with van der Waals surface area (Å²) in [5, 5.41) is 18.2. The molecule has 4 aromatic heterocycles. The molecule has 0 radical (unpaired) electrons. The predicted octanol–water partition coefficient (Wildman–Crippen LogP) is 13.6. The number of fused-ring (bicyclic) bond motifs is 12. The van der Waals surface area contributed by atoms with Crippen molar-refractivity contribution in [3.05, 3.63) is 175 Å². The van der Waals surface area contributed by atoms with Crippen molar-refractivity contribution in [2.75, 3.05) is 0 Å². The summed E-state index contributed by atoms with van der Waals surface area (Å²) < 4.78 is 17.8. The van der Waals surface area contributed by atoms with Gasteiger partial charge in [-0.25, -0.2) is 0 Å². The highest BCUT2D eigenvalue weighted by atomic mass is 16.3. The van der Waals surface area contributed by atoms with E-state index in [0.29, 0.717) is 5.56 Å². The van der Waals surface area contributed by atoms with Crippen LogP contribution in [0.25, 0.3) is 105 Å². The summed E-state index contributed by atoms with van der Waals surface area (Å²) in [4.78, 5) is 0. The summed E-state index contributed by atoms with van der Waals surface area (Å²) in [5.41, 5.74) is 12.0. The van der Waals surface area contributed by atoms with E-state index in [-0.39, 0.29) is 0 Å². The zero-order chi connectivity index (χ0) is 36.8. The summed E-state index contributed by atoms with van der Waals surface area (Å²) in [5.74, 6) is 0.836. The topological polar surface area (TPSA) is 59.9 Å². The molecular weight excluding hydrogens is 675 g/mol. The van der Waals surface area contributed by atoms with Crippen LogP contribution in [0.2, 0.25) is 0 Å². The number of benzene rings is 7. The Morgan fingerprint density at radius 2 is 1.22 bits per heavy atom. The molecule has 0 amide bonds. The van der Waals surface area contributed by atoms with E-state index in [0.717, 1.165) is 110 Å². The molecule has 0 spiro atoms. The monoisotopic (exact) mass is 705 g/mol. The number of para-hydroxylation sites is 4. The van der Waals surface area contributed by atoms with Crippen molar-refractivity contribution < 1.29 is 8.83 Å². The van der Waals surface area contributed by atoms with Gasteiger partial charge in [0.15, 0.2) is 11.2 Å². The fourth-order valence-electron chi connectivity index (χ4n) is 8.73. The minimum absolute atomic E-state index is 0.563. The Hall–Kier alpha value is -7.55. The molecule has 0 atom stereocenters. The van der Waals surface area contributed by atoms with Gasteiger partial charge in [0.1, 0.15) is 11.3 Å². The molecule has 0 aliphatic carbocycles. The van der Waals surface area contributed by atoms with Gasteiger partial charge in [-0.1, -0.05) is 110 Å². The van der Waals surface area contributed by atoms with E-state index < -0.39 is 0 Å². The fraction of sp³-hybridized carbons (Fsp3) is 0.0200. The second kappa shape index (κ2) is 11.7. The molecule has 258 valence electrons.